The number of phenols is 1. The number of hydrogen-bond donors (Lipinski definition) is 3. The first-order valence-corrected chi connectivity index (χ1v) is 8.25. The summed E-state index contributed by atoms with van der Waals surface area (Å²) in [6.45, 7) is 0. The molecule has 1 aliphatic rings. The van der Waals surface area contributed by atoms with E-state index in [0.29, 0.717) is 22.8 Å². The fraction of sp³-hybridized carbons (Fsp3) is 0. The van der Waals surface area contributed by atoms with Crippen molar-refractivity contribution in [2.75, 3.05) is 5.32 Å². The molecule has 0 aliphatic carbocycles. The number of pyridine rings is 2. The number of imidazole rings is 1. The number of hydrogen-bond acceptors (Lipinski definition) is 6. The van der Waals surface area contributed by atoms with Crippen molar-refractivity contribution in [2.24, 2.45) is 0 Å². The van der Waals surface area contributed by atoms with Gasteiger partial charge in [0.1, 0.15) is 23.1 Å². The first kappa shape index (κ1) is 15.1. The molecule has 7 nitrogen and oxygen atoms in total. The van der Waals surface area contributed by atoms with Gasteiger partial charge in [-0.2, -0.15) is 5.26 Å². The summed E-state index contributed by atoms with van der Waals surface area (Å²) in [6.07, 6.45) is 5.16. The second-order valence-electron chi connectivity index (χ2n) is 6.10. The van der Waals surface area contributed by atoms with E-state index in [1.807, 2.05) is 18.2 Å². The summed E-state index contributed by atoms with van der Waals surface area (Å²) in [7, 11) is 0. The van der Waals surface area contributed by atoms with Gasteiger partial charge in [0.2, 0.25) is 0 Å². The Kier molecular flexibility index (Phi) is 3.18. The Bertz CT molecular complexity index is 1170. The minimum Gasteiger partial charge on any atom is -0.508 e. The Morgan fingerprint density at radius 3 is 2.85 bits per heavy atom. The van der Waals surface area contributed by atoms with Crippen LogP contribution in [0, 0.1) is 11.3 Å². The van der Waals surface area contributed by atoms with E-state index in [-0.39, 0.29) is 5.75 Å². The van der Waals surface area contributed by atoms with Gasteiger partial charge in [0.15, 0.2) is 0 Å². The highest BCUT2D eigenvalue weighted by atomic mass is 16.3. The van der Waals surface area contributed by atoms with Gasteiger partial charge in [-0.15, -0.1) is 0 Å². The van der Waals surface area contributed by atoms with Crippen LogP contribution in [-0.2, 0) is 0 Å². The van der Waals surface area contributed by atoms with E-state index in [2.05, 4.69) is 26.3 Å². The molecule has 0 bridgehead atoms. The lowest BCUT2D eigenvalue weighted by Crippen LogP contribution is -1.96. The molecule has 0 spiro atoms. The Hall–Kier alpha value is -4.18. The number of nitriles is 1. The van der Waals surface area contributed by atoms with Gasteiger partial charge in [-0.05, 0) is 36.4 Å². The van der Waals surface area contributed by atoms with Crippen molar-refractivity contribution in [3.63, 3.8) is 0 Å². The van der Waals surface area contributed by atoms with Gasteiger partial charge in [-0.3, -0.25) is 4.98 Å². The smallest absolute Gasteiger partial charge is 0.140 e. The van der Waals surface area contributed by atoms with Crippen molar-refractivity contribution in [1.82, 2.24) is 19.9 Å². The van der Waals surface area contributed by atoms with Crippen LogP contribution in [0.5, 0.6) is 5.75 Å². The van der Waals surface area contributed by atoms with Gasteiger partial charge in [0, 0.05) is 29.1 Å². The highest BCUT2D eigenvalue weighted by molar-refractivity contribution is 5.95. The molecule has 0 atom stereocenters. The second-order valence-corrected chi connectivity index (χ2v) is 6.10. The molecule has 3 aromatic heterocycles. The minimum absolute atomic E-state index is 0.0731. The van der Waals surface area contributed by atoms with Gasteiger partial charge >= 0.3 is 0 Å². The van der Waals surface area contributed by atoms with Gasteiger partial charge in [-0.25, -0.2) is 9.97 Å². The molecule has 5 rings (SSSR count). The number of aromatic nitrogens is 4. The van der Waals surface area contributed by atoms with Crippen LogP contribution >= 0.6 is 0 Å². The van der Waals surface area contributed by atoms with Crippen LogP contribution in [0.1, 0.15) is 5.56 Å². The Labute approximate surface area is 154 Å². The molecule has 0 radical (unpaired) electrons. The maximum absolute atomic E-state index is 9.88. The SMILES string of the molecule is N#Cc1ccc(O)cc1-c1nc2c([nH]1)-c1ccncc1Nc1ncccc1-2. The highest BCUT2D eigenvalue weighted by Crippen LogP contribution is 2.43. The monoisotopic (exact) mass is 352 g/mol. The van der Waals surface area contributed by atoms with E-state index >= 15 is 0 Å². The Morgan fingerprint density at radius 2 is 1.96 bits per heavy atom. The van der Waals surface area contributed by atoms with Crippen LogP contribution < -0.4 is 5.32 Å². The number of nitrogens with one attached hydrogen (secondary N) is 2. The lowest BCUT2D eigenvalue weighted by molar-refractivity contribution is 0.475. The van der Waals surface area contributed by atoms with Gasteiger partial charge in [-0.1, -0.05) is 0 Å². The van der Waals surface area contributed by atoms with Crippen molar-refractivity contribution in [1.29, 1.82) is 5.26 Å². The molecule has 0 fully saturated rings. The molecule has 3 N–H and O–H groups in total. The summed E-state index contributed by atoms with van der Waals surface area (Å²) in [5.41, 5.74) is 5.03. The molecule has 0 saturated carbocycles. The van der Waals surface area contributed by atoms with E-state index in [1.54, 1.807) is 24.7 Å². The van der Waals surface area contributed by atoms with E-state index in [4.69, 9.17) is 4.98 Å². The third-order valence-corrected chi connectivity index (χ3v) is 4.49. The molecular weight excluding hydrogens is 340 g/mol. The van der Waals surface area contributed by atoms with Crippen molar-refractivity contribution in [2.45, 2.75) is 0 Å². The standard InChI is InChI=1S/C20H12N6O/c21-9-11-3-4-12(27)8-15(11)20-25-17-13-5-7-22-10-16(13)24-19-14(18(17)26-20)2-1-6-23-19/h1-8,10,27H,(H,23,24)(H,25,26). The maximum Gasteiger partial charge on any atom is 0.140 e. The molecule has 0 unspecified atom stereocenters. The normalized spacial score (nSPS) is 11.4. The van der Waals surface area contributed by atoms with E-state index in [1.165, 1.54) is 12.1 Å². The molecule has 27 heavy (non-hydrogen) atoms. The number of H-pyrrole nitrogens is 1. The largest absolute Gasteiger partial charge is 0.508 e. The molecular formula is C20H12N6O. The second kappa shape index (κ2) is 5.68. The molecule has 4 heterocycles. The van der Waals surface area contributed by atoms with E-state index < -0.39 is 0 Å². The molecule has 7 heteroatoms. The van der Waals surface area contributed by atoms with E-state index in [0.717, 1.165) is 28.2 Å². The van der Waals surface area contributed by atoms with Crippen LogP contribution in [0.3, 0.4) is 0 Å². The molecule has 1 aromatic carbocycles. The number of aromatic amines is 1. The summed E-state index contributed by atoms with van der Waals surface area (Å²) in [5, 5.41) is 22.6. The lowest BCUT2D eigenvalue weighted by Gasteiger charge is -2.08. The third kappa shape index (κ3) is 2.32. The summed E-state index contributed by atoms with van der Waals surface area (Å²) in [4.78, 5) is 16.7. The lowest BCUT2D eigenvalue weighted by atomic mass is 10.1. The van der Waals surface area contributed by atoms with Crippen LogP contribution in [0.2, 0.25) is 0 Å². The zero-order valence-electron chi connectivity index (χ0n) is 13.9. The third-order valence-electron chi connectivity index (χ3n) is 4.49. The number of nitrogens with zero attached hydrogens (tertiary/aromatic N) is 4. The van der Waals surface area contributed by atoms with Crippen molar-refractivity contribution < 1.29 is 5.11 Å². The predicted octanol–water partition coefficient (Wildman–Crippen LogP) is 3.83. The predicted molar refractivity (Wildman–Crippen MR) is 100 cm³/mol. The maximum atomic E-state index is 9.88. The molecule has 4 aromatic rings. The topological polar surface area (TPSA) is 111 Å². The quantitative estimate of drug-likeness (QED) is 0.423. The number of anilines is 2. The number of aromatic hydroxyl groups is 1. The first-order chi connectivity index (χ1) is 13.2. The zero-order valence-corrected chi connectivity index (χ0v) is 13.9. The molecule has 0 saturated heterocycles. The number of benzene rings is 1. The molecule has 1 aliphatic heterocycles. The minimum atomic E-state index is 0.0731. The van der Waals surface area contributed by atoms with Crippen LogP contribution in [0.4, 0.5) is 11.5 Å². The van der Waals surface area contributed by atoms with Crippen LogP contribution in [0.15, 0.2) is 55.0 Å². The fourth-order valence-electron chi connectivity index (χ4n) is 3.25. The summed E-state index contributed by atoms with van der Waals surface area (Å²) in [5.74, 6) is 1.26. The summed E-state index contributed by atoms with van der Waals surface area (Å²) >= 11 is 0. The zero-order chi connectivity index (χ0) is 18.4. The Balaban J connectivity index is 1.82. The van der Waals surface area contributed by atoms with Gasteiger partial charge in [0.25, 0.3) is 0 Å². The number of fused-ring (bicyclic) bond motifs is 5. The van der Waals surface area contributed by atoms with Crippen LogP contribution in [-0.4, -0.2) is 25.0 Å². The Morgan fingerprint density at radius 1 is 1.04 bits per heavy atom. The fourth-order valence-corrected chi connectivity index (χ4v) is 3.25. The van der Waals surface area contributed by atoms with Gasteiger partial charge < -0.3 is 15.4 Å². The first-order valence-electron chi connectivity index (χ1n) is 8.25. The summed E-state index contributed by atoms with van der Waals surface area (Å²) in [6, 6.07) is 12.4. The number of rotatable bonds is 1. The van der Waals surface area contributed by atoms with Crippen molar-refractivity contribution in [3.05, 3.63) is 60.6 Å². The highest BCUT2D eigenvalue weighted by Gasteiger charge is 2.24. The van der Waals surface area contributed by atoms with Crippen LogP contribution in [0.25, 0.3) is 33.9 Å². The molecule has 0 amide bonds. The summed E-state index contributed by atoms with van der Waals surface area (Å²) < 4.78 is 0. The average Bonchev–Trinajstić information content (AvgIpc) is 3.08. The van der Waals surface area contributed by atoms with Crippen molar-refractivity contribution >= 4 is 11.5 Å². The van der Waals surface area contributed by atoms with Crippen molar-refractivity contribution in [3.8, 4) is 45.7 Å². The van der Waals surface area contributed by atoms with E-state index in [9.17, 15) is 10.4 Å². The molecule has 128 valence electrons. The van der Waals surface area contributed by atoms with Gasteiger partial charge in [0.05, 0.1) is 29.2 Å². The number of phenolic OH excluding ortho intramolecular Hbond substituents is 1. The average molecular weight is 352 g/mol.